The number of halogens is 2. The van der Waals surface area contributed by atoms with E-state index in [9.17, 15) is 17.6 Å². The fraction of sp³-hybridized carbons (Fsp3) is 0.0500. The SMILES string of the molecule is COc1ccc(NC(=O)c2ccccc2F)cc1S(=O)(=O)Nc1ccc(Cl)cc1. The van der Waals surface area contributed by atoms with Crippen molar-refractivity contribution >= 4 is 38.9 Å². The zero-order valence-electron chi connectivity index (χ0n) is 15.1. The lowest BCUT2D eigenvalue weighted by Gasteiger charge is -2.14. The Labute approximate surface area is 172 Å². The van der Waals surface area contributed by atoms with E-state index in [4.69, 9.17) is 16.3 Å². The molecule has 0 saturated heterocycles. The van der Waals surface area contributed by atoms with Crippen LogP contribution in [0.4, 0.5) is 15.8 Å². The molecule has 2 N–H and O–H groups in total. The Morgan fingerprint density at radius 3 is 2.31 bits per heavy atom. The first-order valence-electron chi connectivity index (χ1n) is 8.32. The molecule has 0 bridgehead atoms. The summed E-state index contributed by atoms with van der Waals surface area (Å²) in [5, 5.41) is 2.95. The predicted octanol–water partition coefficient (Wildman–Crippen LogP) is 4.54. The van der Waals surface area contributed by atoms with Crippen molar-refractivity contribution < 1.29 is 22.3 Å². The van der Waals surface area contributed by atoms with Gasteiger partial charge in [-0.2, -0.15) is 0 Å². The standard InChI is InChI=1S/C20H16ClFN2O4S/c1-28-18-11-10-15(23-20(25)16-4-2-3-5-17(16)22)12-19(18)29(26,27)24-14-8-6-13(21)7-9-14/h2-12,24H,1H3,(H,23,25). The van der Waals surface area contributed by atoms with E-state index in [1.807, 2.05) is 0 Å². The molecule has 0 radical (unpaired) electrons. The molecule has 3 aromatic carbocycles. The highest BCUT2D eigenvalue weighted by molar-refractivity contribution is 7.92. The van der Waals surface area contributed by atoms with Gasteiger partial charge < -0.3 is 10.1 Å². The fourth-order valence-electron chi connectivity index (χ4n) is 2.54. The normalized spacial score (nSPS) is 11.0. The lowest BCUT2D eigenvalue weighted by molar-refractivity contribution is 0.102. The Bertz CT molecular complexity index is 1150. The number of hydrogen-bond donors (Lipinski definition) is 2. The zero-order valence-corrected chi connectivity index (χ0v) is 16.7. The summed E-state index contributed by atoms with van der Waals surface area (Å²) in [6, 6.07) is 15.7. The number of rotatable bonds is 6. The van der Waals surface area contributed by atoms with Gasteiger partial charge in [-0.25, -0.2) is 12.8 Å². The average molecular weight is 435 g/mol. The largest absolute Gasteiger partial charge is 0.495 e. The van der Waals surface area contributed by atoms with Crippen LogP contribution in [0.5, 0.6) is 5.75 Å². The van der Waals surface area contributed by atoms with Crippen LogP contribution in [0.1, 0.15) is 10.4 Å². The summed E-state index contributed by atoms with van der Waals surface area (Å²) < 4.78 is 47.0. The van der Waals surface area contributed by atoms with Crippen molar-refractivity contribution in [2.45, 2.75) is 4.90 Å². The second-order valence-electron chi connectivity index (χ2n) is 5.91. The van der Waals surface area contributed by atoms with Crippen molar-refractivity contribution in [3.8, 4) is 5.75 Å². The van der Waals surface area contributed by atoms with E-state index < -0.39 is 21.7 Å². The highest BCUT2D eigenvalue weighted by atomic mass is 35.5. The van der Waals surface area contributed by atoms with E-state index in [2.05, 4.69) is 10.0 Å². The van der Waals surface area contributed by atoms with Gasteiger partial charge in [-0.15, -0.1) is 0 Å². The van der Waals surface area contributed by atoms with Gasteiger partial charge in [0, 0.05) is 16.4 Å². The first-order valence-corrected chi connectivity index (χ1v) is 10.2. The molecule has 0 atom stereocenters. The lowest BCUT2D eigenvalue weighted by atomic mass is 10.2. The van der Waals surface area contributed by atoms with Crippen LogP contribution in [-0.4, -0.2) is 21.4 Å². The molecule has 3 aromatic rings. The molecule has 0 heterocycles. The number of carbonyl (C=O) groups is 1. The van der Waals surface area contributed by atoms with Gasteiger partial charge in [0.05, 0.1) is 12.7 Å². The summed E-state index contributed by atoms with van der Waals surface area (Å²) in [6.07, 6.45) is 0. The Balaban J connectivity index is 1.91. The van der Waals surface area contributed by atoms with Crippen LogP contribution in [0.3, 0.4) is 0 Å². The maximum atomic E-state index is 13.8. The molecule has 29 heavy (non-hydrogen) atoms. The Kier molecular flexibility index (Phi) is 6.05. The van der Waals surface area contributed by atoms with E-state index in [-0.39, 0.29) is 21.9 Å². The number of sulfonamides is 1. The molecule has 1 amide bonds. The van der Waals surface area contributed by atoms with E-state index in [0.717, 1.165) is 6.07 Å². The highest BCUT2D eigenvalue weighted by Crippen LogP contribution is 2.29. The number of ether oxygens (including phenoxy) is 1. The maximum Gasteiger partial charge on any atom is 0.265 e. The summed E-state index contributed by atoms with van der Waals surface area (Å²) in [7, 11) is -2.72. The summed E-state index contributed by atoms with van der Waals surface area (Å²) in [5.74, 6) is -1.31. The molecule has 0 fully saturated rings. The van der Waals surface area contributed by atoms with Gasteiger partial charge in [0.2, 0.25) is 0 Å². The van der Waals surface area contributed by atoms with Crippen molar-refractivity contribution in [3.05, 3.63) is 83.1 Å². The van der Waals surface area contributed by atoms with Crippen LogP contribution in [0, 0.1) is 5.82 Å². The molecule has 0 aromatic heterocycles. The van der Waals surface area contributed by atoms with Gasteiger partial charge in [0.15, 0.2) is 0 Å². The minimum atomic E-state index is -4.04. The number of carbonyl (C=O) groups excluding carboxylic acids is 1. The third kappa shape index (κ3) is 4.85. The van der Waals surface area contributed by atoms with Crippen LogP contribution in [0.25, 0.3) is 0 Å². The Morgan fingerprint density at radius 1 is 1.00 bits per heavy atom. The molecule has 150 valence electrons. The molecule has 0 aliphatic heterocycles. The summed E-state index contributed by atoms with van der Waals surface area (Å²) in [6.45, 7) is 0. The quantitative estimate of drug-likeness (QED) is 0.596. The minimum Gasteiger partial charge on any atom is -0.495 e. The molecule has 9 heteroatoms. The number of nitrogens with one attached hydrogen (secondary N) is 2. The smallest absolute Gasteiger partial charge is 0.265 e. The first kappa shape index (κ1) is 20.6. The van der Waals surface area contributed by atoms with Gasteiger partial charge in [-0.05, 0) is 54.6 Å². The van der Waals surface area contributed by atoms with Crippen molar-refractivity contribution in [2.75, 3.05) is 17.1 Å². The van der Waals surface area contributed by atoms with E-state index in [0.29, 0.717) is 10.7 Å². The van der Waals surface area contributed by atoms with Gasteiger partial charge in [-0.1, -0.05) is 23.7 Å². The molecule has 6 nitrogen and oxygen atoms in total. The summed E-state index contributed by atoms with van der Waals surface area (Å²) >= 11 is 5.81. The van der Waals surface area contributed by atoms with Crippen molar-refractivity contribution in [1.29, 1.82) is 0 Å². The van der Waals surface area contributed by atoms with Gasteiger partial charge >= 0.3 is 0 Å². The fourth-order valence-corrected chi connectivity index (χ4v) is 3.92. The molecule has 3 rings (SSSR count). The minimum absolute atomic E-state index is 0.0790. The summed E-state index contributed by atoms with van der Waals surface area (Å²) in [4.78, 5) is 12.1. The third-order valence-electron chi connectivity index (χ3n) is 3.93. The third-order valence-corrected chi connectivity index (χ3v) is 5.58. The van der Waals surface area contributed by atoms with Crippen LogP contribution in [-0.2, 0) is 10.0 Å². The lowest BCUT2D eigenvalue weighted by Crippen LogP contribution is -2.16. The van der Waals surface area contributed by atoms with Gasteiger partial charge in [0.1, 0.15) is 16.5 Å². The number of anilines is 2. The maximum absolute atomic E-state index is 13.8. The van der Waals surface area contributed by atoms with E-state index >= 15 is 0 Å². The van der Waals surface area contributed by atoms with Crippen molar-refractivity contribution in [3.63, 3.8) is 0 Å². The number of methoxy groups -OCH3 is 1. The molecule has 0 spiro atoms. The van der Waals surface area contributed by atoms with Gasteiger partial charge in [0.25, 0.3) is 15.9 Å². The van der Waals surface area contributed by atoms with Crippen molar-refractivity contribution in [2.24, 2.45) is 0 Å². The monoisotopic (exact) mass is 434 g/mol. The summed E-state index contributed by atoms with van der Waals surface area (Å²) in [5.41, 5.74) is 0.305. The first-order chi connectivity index (χ1) is 13.8. The van der Waals surface area contributed by atoms with Gasteiger partial charge in [-0.3, -0.25) is 9.52 Å². The number of amides is 1. The average Bonchev–Trinajstić information content (AvgIpc) is 2.70. The number of hydrogen-bond acceptors (Lipinski definition) is 4. The number of benzene rings is 3. The van der Waals surface area contributed by atoms with Crippen molar-refractivity contribution in [1.82, 2.24) is 0 Å². The molecular weight excluding hydrogens is 419 g/mol. The predicted molar refractivity (Wildman–Crippen MR) is 110 cm³/mol. The van der Waals surface area contributed by atoms with Crippen LogP contribution in [0.2, 0.25) is 5.02 Å². The topological polar surface area (TPSA) is 84.5 Å². The molecule has 0 aliphatic carbocycles. The Morgan fingerprint density at radius 2 is 1.66 bits per heavy atom. The van der Waals surface area contributed by atoms with Crippen LogP contribution >= 0.6 is 11.6 Å². The molecule has 0 aliphatic rings. The van der Waals surface area contributed by atoms with E-state index in [1.165, 1.54) is 55.6 Å². The second-order valence-corrected chi connectivity index (χ2v) is 8.00. The van der Waals surface area contributed by atoms with E-state index in [1.54, 1.807) is 12.1 Å². The highest BCUT2D eigenvalue weighted by Gasteiger charge is 2.21. The van der Waals surface area contributed by atoms with Crippen LogP contribution < -0.4 is 14.8 Å². The molecular formula is C20H16ClFN2O4S. The molecule has 0 saturated carbocycles. The zero-order chi connectivity index (χ0) is 21.0. The Hall–Kier alpha value is -3.10. The van der Waals surface area contributed by atoms with Crippen LogP contribution in [0.15, 0.2) is 71.6 Å². The second kappa shape index (κ2) is 8.50. The molecule has 0 unspecified atom stereocenters.